The van der Waals surface area contributed by atoms with Crippen molar-refractivity contribution in [2.75, 3.05) is 13.1 Å². The van der Waals surface area contributed by atoms with Gasteiger partial charge < -0.3 is 5.11 Å². The van der Waals surface area contributed by atoms with Gasteiger partial charge in [0.05, 0.1) is 12.2 Å². The number of rotatable bonds is 8. The summed E-state index contributed by atoms with van der Waals surface area (Å²) in [4.78, 5) is 24.7. The molecule has 2 heterocycles. The Kier molecular flexibility index (Phi) is 6.51. The van der Waals surface area contributed by atoms with Gasteiger partial charge in [-0.2, -0.15) is 0 Å². The molecule has 1 aliphatic heterocycles. The van der Waals surface area contributed by atoms with Crippen LogP contribution < -0.4 is 5.48 Å². The molecule has 0 saturated carbocycles. The van der Waals surface area contributed by atoms with Crippen LogP contribution in [0.4, 0.5) is 0 Å². The molecule has 9 nitrogen and oxygen atoms in total. The van der Waals surface area contributed by atoms with Crippen molar-refractivity contribution in [2.45, 2.75) is 31.3 Å². The van der Waals surface area contributed by atoms with Gasteiger partial charge in [0, 0.05) is 12.6 Å². The number of hydrogen-bond donors (Lipinski definition) is 3. The van der Waals surface area contributed by atoms with Crippen LogP contribution in [0.3, 0.4) is 0 Å². The van der Waals surface area contributed by atoms with Crippen molar-refractivity contribution < 1.29 is 19.9 Å². The number of nitrogens with zero attached hydrogens (tertiary/aromatic N) is 4. The van der Waals surface area contributed by atoms with E-state index in [1.165, 1.54) is 17.1 Å². The van der Waals surface area contributed by atoms with Crippen molar-refractivity contribution in [1.82, 2.24) is 25.4 Å². The first kappa shape index (κ1) is 19.7. The molecule has 1 aromatic heterocycles. The summed E-state index contributed by atoms with van der Waals surface area (Å²) >= 11 is 0. The van der Waals surface area contributed by atoms with Gasteiger partial charge in [0.2, 0.25) is 0 Å². The Bertz CT molecular complexity index is 836. The Balaban J connectivity index is 1.60. The predicted molar refractivity (Wildman–Crippen MR) is 100 cm³/mol. The molecule has 0 spiro atoms. The van der Waals surface area contributed by atoms with E-state index in [-0.39, 0.29) is 6.04 Å². The van der Waals surface area contributed by atoms with E-state index in [1.807, 2.05) is 23.1 Å². The molecule has 2 aromatic rings. The number of aromatic nitrogens is 3. The number of hydrogen-bond acceptors (Lipinski definition) is 6. The second kappa shape index (κ2) is 9.25. The third-order valence-electron chi connectivity index (χ3n) is 4.84. The van der Waals surface area contributed by atoms with Crippen LogP contribution in [0.5, 0.6) is 0 Å². The zero-order valence-corrected chi connectivity index (χ0v) is 15.3. The molecule has 1 fully saturated rings. The van der Waals surface area contributed by atoms with Crippen LogP contribution in [0, 0.1) is 0 Å². The first-order valence-electron chi connectivity index (χ1n) is 9.11. The van der Waals surface area contributed by atoms with Gasteiger partial charge in [-0.15, -0.1) is 5.10 Å². The number of carboxylic acids is 1. The van der Waals surface area contributed by atoms with Gasteiger partial charge >= 0.3 is 5.97 Å². The number of carboxylic acid groups (broad SMARTS) is 1. The van der Waals surface area contributed by atoms with E-state index >= 15 is 0 Å². The van der Waals surface area contributed by atoms with Crippen molar-refractivity contribution in [3.63, 3.8) is 0 Å². The molecule has 1 aromatic carbocycles. The van der Waals surface area contributed by atoms with Gasteiger partial charge in [0.15, 0.2) is 0 Å². The number of benzene rings is 1. The molecule has 0 bridgehead atoms. The van der Waals surface area contributed by atoms with E-state index in [4.69, 9.17) is 5.21 Å². The summed E-state index contributed by atoms with van der Waals surface area (Å²) in [6.07, 6.45) is 6.46. The summed E-state index contributed by atoms with van der Waals surface area (Å²) in [6, 6.07) is 9.48. The fourth-order valence-corrected chi connectivity index (χ4v) is 3.45. The monoisotopic (exact) mass is 385 g/mol. The van der Waals surface area contributed by atoms with Crippen LogP contribution >= 0.6 is 0 Å². The molecule has 0 aliphatic carbocycles. The maximum absolute atomic E-state index is 11.7. The predicted octanol–water partition coefficient (Wildman–Crippen LogP) is 1.13. The third kappa shape index (κ3) is 5.02. The zero-order chi connectivity index (χ0) is 19.9. The first-order valence-corrected chi connectivity index (χ1v) is 9.11. The minimum Gasteiger partial charge on any atom is -0.480 e. The molecule has 2 atom stereocenters. The molecule has 1 aliphatic rings. The SMILES string of the molecule is O=C(/C=C/c1cn([C@H]2C[C@H](C(=O)O)N(CCCc3ccccc3)C2)nn1)NO. The lowest BCUT2D eigenvalue weighted by molar-refractivity contribution is -0.142. The summed E-state index contributed by atoms with van der Waals surface area (Å²) < 4.78 is 1.64. The Morgan fingerprint density at radius 2 is 2.07 bits per heavy atom. The first-order chi connectivity index (χ1) is 13.6. The van der Waals surface area contributed by atoms with Gasteiger partial charge in [0.25, 0.3) is 5.91 Å². The number of amides is 1. The molecule has 3 rings (SSSR count). The number of carbonyl (C=O) groups is 2. The van der Waals surface area contributed by atoms with Gasteiger partial charge in [-0.05, 0) is 37.4 Å². The molecule has 1 amide bonds. The molecule has 0 unspecified atom stereocenters. The van der Waals surface area contributed by atoms with E-state index < -0.39 is 17.9 Å². The van der Waals surface area contributed by atoms with Crippen LogP contribution in [0.15, 0.2) is 42.6 Å². The van der Waals surface area contributed by atoms with Gasteiger partial charge in [-0.25, -0.2) is 10.2 Å². The third-order valence-corrected chi connectivity index (χ3v) is 4.84. The largest absolute Gasteiger partial charge is 0.480 e. The number of aliphatic carboxylic acids is 1. The molecular formula is C19H23N5O4. The van der Waals surface area contributed by atoms with Crippen molar-refractivity contribution in [3.8, 4) is 0 Å². The molecule has 3 N–H and O–H groups in total. The van der Waals surface area contributed by atoms with Gasteiger partial charge in [-0.3, -0.25) is 19.7 Å². The molecule has 28 heavy (non-hydrogen) atoms. The lowest BCUT2D eigenvalue weighted by Gasteiger charge is -2.20. The van der Waals surface area contributed by atoms with E-state index in [0.717, 1.165) is 18.9 Å². The summed E-state index contributed by atoms with van der Waals surface area (Å²) in [5.41, 5.74) is 3.20. The normalized spacial score (nSPS) is 19.9. The van der Waals surface area contributed by atoms with E-state index in [0.29, 0.717) is 25.2 Å². The fraction of sp³-hybridized carbons (Fsp3) is 0.368. The number of aryl methyl sites for hydroxylation is 1. The summed E-state index contributed by atoms with van der Waals surface area (Å²) in [5.74, 6) is -1.49. The topological polar surface area (TPSA) is 121 Å². The smallest absolute Gasteiger partial charge is 0.321 e. The van der Waals surface area contributed by atoms with Gasteiger partial charge in [-0.1, -0.05) is 35.5 Å². The van der Waals surface area contributed by atoms with Crippen LogP contribution in [-0.2, 0) is 16.0 Å². The molecule has 0 radical (unpaired) electrons. The number of likely N-dealkylation sites (tertiary alicyclic amines) is 1. The second-order valence-corrected chi connectivity index (χ2v) is 6.76. The summed E-state index contributed by atoms with van der Waals surface area (Å²) in [7, 11) is 0. The standard InChI is InChI=1S/C19H23N5O4/c25-18(21-28)9-8-15-12-24(22-20-15)16-11-17(19(26)27)23(13-16)10-4-7-14-5-2-1-3-6-14/h1-3,5-6,8-9,12,16-17,28H,4,7,10-11,13H2,(H,21,25)(H,26,27)/b9-8+/t16-,17+/m0/s1. The molecular weight excluding hydrogens is 362 g/mol. The fourth-order valence-electron chi connectivity index (χ4n) is 3.45. The minimum absolute atomic E-state index is 0.0980. The second-order valence-electron chi connectivity index (χ2n) is 6.76. The zero-order valence-electron chi connectivity index (χ0n) is 15.3. The Labute approximate surface area is 162 Å². The highest BCUT2D eigenvalue weighted by molar-refractivity contribution is 5.90. The van der Waals surface area contributed by atoms with Crippen LogP contribution in [0.25, 0.3) is 6.08 Å². The van der Waals surface area contributed by atoms with Crippen molar-refractivity contribution in [1.29, 1.82) is 0 Å². The molecule has 9 heteroatoms. The molecule has 148 valence electrons. The maximum Gasteiger partial charge on any atom is 0.321 e. The minimum atomic E-state index is -0.831. The Morgan fingerprint density at radius 1 is 1.29 bits per heavy atom. The van der Waals surface area contributed by atoms with E-state index in [1.54, 1.807) is 10.9 Å². The number of hydroxylamine groups is 1. The maximum atomic E-state index is 11.7. The van der Waals surface area contributed by atoms with Gasteiger partial charge in [0.1, 0.15) is 11.7 Å². The lowest BCUT2D eigenvalue weighted by atomic mass is 10.1. The lowest BCUT2D eigenvalue weighted by Crippen LogP contribution is -2.36. The molecule has 1 saturated heterocycles. The van der Waals surface area contributed by atoms with Crippen LogP contribution in [0.1, 0.15) is 30.1 Å². The van der Waals surface area contributed by atoms with E-state index in [9.17, 15) is 14.7 Å². The quantitative estimate of drug-likeness (QED) is 0.354. The Hall–Kier alpha value is -3.04. The number of nitrogens with one attached hydrogen (secondary N) is 1. The Morgan fingerprint density at radius 3 is 2.79 bits per heavy atom. The highest BCUT2D eigenvalue weighted by atomic mass is 16.5. The highest BCUT2D eigenvalue weighted by Crippen LogP contribution is 2.27. The number of carbonyl (C=O) groups excluding carboxylic acids is 1. The van der Waals surface area contributed by atoms with E-state index in [2.05, 4.69) is 22.4 Å². The summed E-state index contributed by atoms with van der Waals surface area (Å²) in [6.45, 7) is 1.27. The van der Waals surface area contributed by atoms with Crippen molar-refractivity contribution >= 4 is 18.0 Å². The highest BCUT2D eigenvalue weighted by Gasteiger charge is 2.37. The average molecular weight is 385 g/mol. The van der Waals surface area contributed by atoms with Crippen molar-refractivity contribution in [2.24, 2.45) is 0 Å². The van der Waals surface area contributed by atoms with Crippen molar-refractivity contribution in [3.05, 3.63) is 53.9 Å². The summed E-state index contributed by atoms with van der Waals surface area (Å²) in [5, 5.41) is 26.1. The van der Waals surface area contributed by atoms with Crippen LogP contribution in [-0.4, -0.2) is 61.2 Å². The van der Waals surface area contributed by atoms with Crippen LogP contribution in [0.2, 0.25) is 0 Å². The average Bonchev–Trinajstić information content (AvgIpc) is 3.34.